The van der Waals surface area contributed by atoms with Gasteiger partial charge in [0.15, 0.2) is 0 Å². The lowest BCUT2D eigenvalue weighted by atomic mass is 9.93. The Labute approximate surface area is 122 Å². The van der Waals surface area contributed by atoms with Gasteiger partial charge < -0.3 is 14.6 Å². The van der Waals surface area contributed by atoms with Crippen molar-refractivity contribution in [3.63, 3.8) is 0 Å². The molecule has 3 rings (SSSR count). The van der Waals surface area contributed by atoms with E-state index in [9.17, 15) is 9.59 Å². The molecule has 2 aromatic rings. The van der Waals surface area contributed by atoms with Crippen LogP contribution in [0.4, 0.5) is 0 Å². The summed E-state index contributed by atoms with van der Waals surface area (Å²) in [6.45, 7) is 0.429. The summed E-state index contributed by atoms with van der Waals surface area (Å²) in [5.74, 6) is -0.340. The van der Waals surface area contributed by atoms with E-state index < -0.39 is 6.04 Å². The third-order valence-electron chi connectivity index (χ3n) is 3.83. The lowest BCUT2D eigenvalue weighted by Crippen LogP contribution is -2.51. The highest BCUT2D eigenvalue weighted by Gasteiger charge is 2.34. The number of carbonyl (C=O) groups excluding carboxylic acids is 2. The fraction of sp³-hybridized carbons (Fsp3) is 0.250. The number of furan rings is 1. The lowest BCUT2D eigenvalue weighted by Gasteiger charge is -2.35. The van der Waals surface area contributed by atoms with Gasteiger partial charge in [0, 0.05) is 20.0 Å². The van der Waals surface area contributed by atoms with Gasteiger partial charge in [-0.1, -0.05) is 24.3 Å². The van der Waals surface area contributed by atoms with E-state index in [1.165, 1.54) is 12.5 Å². The molecule has 0 saturated carbocycles. The summed E-state index contributed by atoms with van der Waals surface area (Å²) in [4.78, 5) is 26.3. The maximum atomic E-state index is 12.6. The van der Waals surface area contributed by atoms with E-state index >= 15 is 0 Å². The molecule has 5 nitrogen and oxygen atoms in total. The van der Waals surface area contributed by atoms with Gasteiger partial charge in [0.2, 0.25) is 5.91 Å². The van der Waals surface area contributed by atoms with Gasteiger partial charge in [0.05, 0.1) is 11.8 Å². The smallest absolute Gasteiger partial charge is 0.258 e. The van der Waals surface area contributed by atoms with Crippen molar-refractivity contribution in [3.8, 4) is 0 Å². The van der Waals surface area contributed by atoms with Crippen LogP contribution in [-0.4, -0.2) is 29.8 Å². The van der Waals surface area contributed by atoms with Gasteiger partial charge in [-0.3, -0.25) is 9.59 Å². The van der Waals surface area contributed by atoms with Crippen molar-refractivity contribution in [1.82, 2.24) is 10.2 Å². The van der Waals surface area contributed by atoms with Gasteiger partial charge in [-0.2, -0.15) is 0 Å². The normalized spacial score (nSPS) is 17.2. The largest absolute Gasteiger partial charge is 0.472 e. The van der Waals surface area contributed by atoms with Gasteiger partial charge >= 0.3 is 0 Å². The predicted molar refractivity (Wildman–Crippen MR) is 76.6 cm³/mol. The molecule has 0 aliphatic carbocycles. The number of rotatable bonds is 2. The molecule has 2 heterocycles. The molecule has 21 heavy (non-hydrogen) atoms. The molecule has 1 aromatic carbocycles. The Morgan fingerprint density at radius 1 is 1.24 bits per heavy atom. The molecule has 1 N–H and O–H groups in total. The number of hydrogen-bond acceptors (Lipinski definition) is 3. The zero-order valence-electron chi connectivity index (χ0n) is 11.7. The van der Waals surface area contributed by atoms with E-state index in [0.717, 1.165) is 11.1 Å². The molecule has 1 aliphatic rings. The number of nitrogens with zero attached hydrogens (tertiary/aromatic N) is 1. The van der Waals surface area contributed by atoms with Crippen LogP contribution in [-0.2, 0) is 17.8 Å². The van der Waals surface area contributed by atoms with Crippen LogP contribution in [0.15, 0.2) is 47.3 Å². The average Bonchev–Trinajstić information content (AvgIpc) is 3.06. The van der Waals surface area contributed by atoms with Crippen molar-refractivity contribution in [2.24, 2.45) is 0 Å². The molecule has 0 fully saturated rings. The summed E-state index contributed by atoms with van der Waals surface area (Å²) in [7, 11) is 1.59. The number of carbonyl (C=O) groups is 2. The summed E-state index contributed by atoms with van der Waals surface area (Å²) < 4.78 is 4.97. The minimum absolute atomic E-state index is 0.152. The SMILES string of the molecule is CNC(=O)[C@H]1Cc2ccccc2CN1C(=O)c1ccoc1. The first-order valence-corrected chi connectivity index (χ1v) is 6.82. The van der Waals surface area contributed by atoms with Crippen molar-refractivity contribution < 1.29 is 14.0 Å². The minimum Gasteiger partial charge on any atom is -0.472 e. The molecule has 2 amide bonds. The van der Waals surface area contributed by atoms with Crippen LogP contribution in [0.3, 0.4) is 0 Å². The van der Waals surface area contributed by atoms with Crippen molar-refractivity contribution in [2.75, 3.05) is 7.05 Å². The van der Waals surface area contributed by atoms with E-state index in [2.05, 4.69) is 5.32 Å². The predicted octanol–water partition coefficient (Wildman–Crippen LogP) is 1.59. The van der Waals surface area contributed by atoms with Gasteiger partial charge in [-0.15, -0.1) is 0 Å². The van der Waals surface area contributed by atoms with Crippen LogP contribution in [0.1, 0.15) is 21.5 Å². The fourth-order valence-corrected chi connectivity index (χ4v) is 2.69. The summed E-state index contributed by atoms with van der Waals surface area (Å²) in [5, 5.41) is 2.64. The Hall–Kier alpha value is -2.56. The number of amides is 2. The number of nitrogens with one attached hydrogen (secondary N) is 1. The van der Waals surface area contributed by atoms with Crippen LogP contribution in [0.5, 0.6) is 0 Å². The highest BCUT2D eigenvalue weighted by Crippen LogP contribution is 2.25. The van der Waals surface area contributed by atoms with E-state index in [0.29, 0.717) is 18.5 Å². The second kappa shape index (κ2) is 5.44. The molecular formula is C16H16N2O3. The molecule has 0 unspecified atom stereocenters. The fourth-order valence-electron chi connectivity index (χ4n) is 2.69. The molecule has 5 heteroatoms. The molecule has 1 aromatic heterocycles. The second-order valence-electron chi connectivity index (χ2n) is 5.05. The topological polar surface area (TPSA) is 62.6 Å². The van der Waals surface area contributed by atoms with Crippen LogP contribution in [0.2, 0.25) is 0 Å². The first-order chi connectivity index (χ1) is 10.2. The van der Waals surface area contributed by atoms with Crippen LogP contribution < -0.4 is 5.32 Å². The summed E-state index contributed by atoms with van der Waals surface area (Å²) in [5.41, 5.74) is 2.65. The quantitative estimate of drug-likeness (QED) is 0.911. The second-order valence-corrected chi connectivity index (χ2v) is 5.05. The zero-order chi connectivity index (χ0) is 14.8. The molecular weight excluding hydrogens is 268 g/mol. The lowest BCUT2D eigenvalue weighted by molar-refractivity contribution is -0.125. The third-order valence-corrected chi connectivity index (χ3v) is 3.83. The monoisotopic (exact) mass is 284 g/mol. The van der Waals surface area contributed by atoms with Gasteiger partial charge in [-0.05, 0) is 17.2 Å². The van der Waals surface area contributed by atoms with Gasteiger partial charge in [0.25, 0.3) is 5.91 Å². The molecule has 0 bridgehead atoms. The van der Waals surface area contributed by atoms with Crippen LogP contribution in [0.25, 0.3) is 0 Å². The van der Waals surface area contributed by atoms with Crippen LogP contribution >= 0.6 is 0 Å². The Morgan fingerprint density at radius 3 is 2.67 bits per heavy atom. The standard InChI is InChI=1S/C16H16N2O3/c1-17-15(19)14-8-11-4-2-3-5-12(11)9-18(14)16(20)13-6-7-21-10-13/h2-7,10,14H,8-9H2,1H3,(H,17,19)/t14-/m1/s1. The van der Waals surface area contributed by atoms with Crippen molar-refractivity contribution in [1.29, 1.82) is 0 Å². The number of likely N-dealkylation sites (N-methyl/N-ethyl adjacent to an activating group) is 1. The van der Waals surface area contributed by atoms with E-state index in [1.807, 2.05) is 24.3 Å². The first kappa shape index (κ1) is 13.4. The maximum absolute atomic E-state index is 12.6. The van der Waals surface area contributed by atoms with Crippen molar-refractivity contribution in [3.05, 3.63) is 59.5 Å². The van der Waals surface area contributed by atoms with Gasteiger partial charge in [0.1, 0.15) is 12.3 Å². The Morgan fingerprint density at radius 2 is 2.00 bits per heavy atom. The van der Waals surface area contributed by atoms with Crippen molar-refractivity contribution >= 4 is 11.8 Å². The third kappa shape index (κ3) is 2.42. The number of hydrogen-bond donors (Lipinski definition) is 1. The first-order valence-electron chi connectivity index (χ1n) is 6.82. The molecule has 0 spiro atoms. The Kier molecular flexibility index (Phi) is 3.48. The van der Waals surface area contributed by atoms with Crippen molar-refractivity contribution in [2.45, 2.75) is 19.0 Å². The van der Waals surface area contributed by atoms with E-state index in [4.69, 9.17) is 4.42 Å². The number of fused-ring (bicyclic) bond motifs is 1. The zero-order valence-corrected chi connectivity index (χ0v) is 11.7. The Bertz CT molecular complexity index is 664. The molecule has 0 radical (unpaired) electrons. The summed E-state index contributed by atoms with van der Waals surface area (Å²) >= 11 is 0. The highest BCUT2D eigenvalue weighted by molar-refractivity contribution is 5.97. The minimum atomic E-state index is -0.493. The molecule has 1 aliphatic heterocycles. The number of benzene rings is 1. The Balaban J connectivity index is 1.96. The molecule has 108 valence electrons. The molecule has 1 atom stereocenters. The van der Waals surface area contributed by atoms with E-state index in [1.54, 1.807) is 18.0 Å². The average molecular weight is 284 g/mol. The summed E-state index contributed by atoms with van der Waals surface area (Å²) in [6.07, 6.45) is 3.39. The molecule has 0 saturated heterocycles. The maximum Gasteiger partial charge on any atom is 0.258 e. The van der Waals surface area contributed by atoms with Crippen LogP contribution in [0, 0.1) is 0 Å². The van der Waals surface area contributed by atoms with Gasteiger partial charge in [-0.25, -0.2) is 0 Å². The van der Waals surface area contributed by atoms with E-state index in [-0.39, 0.29) is 11.8 Å². The highest BCUT2D eigenvalue weighted by atomic mass is 16.3. The summed E-state index contributed by atoms with van der Waals surface area (Å²) in [6, 6.07) is 9.01.